The summed E-state index contributed by atoms with van der Waals surface area (Å²) >= 11 is 7.34. The number of carboxylic acid groups (broad SMARTS) is 1. The van der Waals surface area contributed by atoms with Crippen LogP contribution in [-0.4, -0.2) is 35.0 Å². The van der Waals surface area contributed by atoms with Gasteiger partial charge in [0.15, 0.2) is 0 Å². The molecule has 0 aliphatic rings. The van der Waals surface area contributed by atoms with Crippen molar-refractivity contribution < 1.29 is 14.7 Å². The summed E-state index contributed by atoms with van der Waals surface area (Å²) in [5.74, 6) is -0.876. The lowest BCUT2D eigenvalue weighted by Crippen LogP contribution is -2.41. The van der Waals surface area contributed by atoms with E-state index >= 15 is 0 Å². The first-order valence-electron chi connectivity index (χ1n) is 5.53. The van der Waals surface area contributed by atoms with Crippen LogP contribution in [0.1, 0.15) is 16.8 Å². The van der Waals surface area contributed by atoms with Crippen molar-refractivity contribution >= 4 is 40.9 Å². The predicted octanol–water partition coefficient (Wildman–Crippen LogP) is 1.86. The number of carbonyl (C=O) groups is 2. The number of carboxylic acids is 1. The maximum Gasteiger partial charge on any atom is 0.326 e. The van der Waals surface area contributed by atoms with Gasteiger partial charge in [-0.15, -0.1) is 0 Å². The average molecular weight is 303 g/mol. The van der Waals surface area contributed by atoms with E-state index in [0.717, 1.165) is 0 Å². The van der Waals surface area contributed by atoms with Crippen LogP contribution in [0.25, 0.3) is 0 Å². The van der Waals surface area contributed by atoms with Gasteiger partial charge < -0.3 is 16.2 Å². The largest absolute Gasteiger partial charge is 0.480 e. The van der Waals surface area contributed by atoms with E-state index in [1.54, 1.807) is 0 Å². The number of benzene rings is 1. The summed E-state index contributed by atoms with van der Waals surface area (Å²) in [6.07, 6.45) is 2.24. The fraction of sp³-hybridized carbons (Fsp3) is 0.333. The lowest BCUT2D eigenvalue weighted by Gasteiger charge is -2.14. The maximum absolute atomic E-state index is 11.9. The molecule has 0 radical (unpaired) electrons. The van der Waals surface area contributed by atoms with E-state index in [0.29, 0.717) is 17.9 Å². The minimum Gasteiger partial charge on any atom is -0.480 e. The van der Waals surface area contributed by atoms with Crippen LogP contribution in [0.3, 0.4) is 0 Å². The zero-order chi connectivity index (χ0) is 14.4. The fourth-order valence-electron chi connectivity index (χ4n) is 1.40. The first-order valence-corrected chi connectivity index (χ1v) is 7.30. The monoisotopic (exact) mass is 302 g/mol. The number of nitrogens with two attached hydrogens (primary N) is 1. The number of aliphatic carboxylic acids is 1. The van der Waals surface area contributed by atoms with Gasteiger partial charge in [0.1, 0.15) is 6.04 Å². The van der Waals surface area contributed by atoms with Gasteiger partial charge >= 0.3 is 5.97 Å². The van der Waals surface area contributed by atoms with Crippen molar-refractivity contribution in [3.8, 4) is 0 Å². The molecule has 1 rings (SSSR count). The Bertz CT molecular complexity index is 482. The summed E-state index contributed by atoms with van der Waals surface area (Å²) in [6, 6.07) is 3.52. The van der Waals surface area contributed by atoms with Gasteiger partial charge in [0.05, 0.1) is 10.7 Å². The Hall–Kier alpha value is -1.40. The van der Waals surface area contributed by atoms with Crippen LogP contribution >= 0.6 is 23.4 Å². The molecule has 7 heteroatoms. The van der Waals surface area contributed by atoms with Gasteiger partial charge in [0.25, 0.3) is 5.91 Å². The van der Waals surface area contributed by atoms with Gasteiger partial charge in [-0.25, -0.2) is 4.79 Å². The highest BCUT2D eigenvalue weighted by Gasteiger charge is 2.20. The summed E-state index contributed by atoms with van der Waals surface area (Å²) in [5.41, 5.74) is 6.20. The third kappa shape index (κ3) is 4.65. The molecule has 0 aliphatic carbocycles. The van der Waals surface area contributed by atoms with E-state index in [4.69, 9.17) is 22.4 Å². The lowest BCUT2D eigenvalue weighted by molar-refractivity contribution is -0.139. The van der Waals surface area contributed by atoms with E-state index in [2.05, 4.69) is 5.32 Å². The number of anilines is 1. The molecule has 1 aromatic carbocycles. The predicted molar refractivity (Wildman–Crippen MR) is 77.8 cm³/mol. The van der Waals surface area contributed by atoms with Crippen LogP contribution in [0.2, 0.25) is 5.02 Å². The molecule has 0 saturated heterocycles. The van der Waals surface area contributed by atoms with Crippen molar-refractivity contribution in [1.29, 1.82) is 0 Å². The summed E-state index contributed by atoms with van der Waals surface area (Å²) in [6.45, 7) is 0. The summed E-state index contributed by atoms with van der Waals surface area (Å²) in [4.78, 5) is 22.9. The molecule has 0 spiro atoms. The van der Waals surface area contributed by atoms with Gasteiger partial charge in [-0.2, -0.15) is 11.8 Å². The number of halogens is 1. The second-order valence-corrected chi connectivity index (χ2v) is 5.27. The van der Waals surface area contributed by atoms with Crippen molar-refractivity contribution in [2.24, 2.45) is 0 Å². The number of nitrogen functional groups attached to an aromatic ring is 1. The zero-order valence-electron chi connectivity index (χ0n) is 10.4. The van der Waals surface area contributed by atoms with Crippen LogP contribution in [0, 0.1) is 0 Å². The summed E-state index contributed by atoms with van der Waals surface area (Å²) in [5, 5.41) is 11.8. The number of hydrogen-bond acceptors (Lipinski definition) is 4. The molecule has 0 aliphatic heterocycles. The highest BCUT2D eigenvalue weighted by Crippen LogP contribution is 2.19. The SMILES string of the molecule is CSCCC(NC(=O)c1ccc(N)c(Cl)c1)C(=O)O. The Morgan fingerprint density at radius 3 is 2.74 bits per heavy atom. The van der Waals surface area contributed by atoms with E-state index in [1.807, 2.05) is 6.26 Å². The van der Waals surface area contributed by atoms with E-state index in [9.17, 15) is 9.59 Å². The number of nitrogens with one attached hydrogen (secondary N) is 1. The van der Waals surface area contributed by atoms with Gasteiger partial charge in [-0.1, -0.05) is 11.6 Å². The first kappa shape index (κ1) is 15.7. The van der Waals surface area contributed by atoms with Crippen LogP contribution in [-0.2, 0) is 4.79 Å². The Morgan fingerprint density at radius 2 is 2.21 bits per heavy atom. The molecule has 1 aromatic rings. The number of rotatable bonds is 6. The van der Waals surface area contributed by atoms with Crippen molar-refractivity contribution in [1.82, 2.24) is 5.32 Å². The van der Waals surface area contributed by atoms with Crippen LogP contribution in [0.15, 0.2) is 18.2 Å². The second kappa shape index (κ2) is 7.25. The molecule has 1 unspecified atom stereocenters. The van der Waals surface area contributed by atoms with Gasteiger partial charge in [-0.05, 0) is 36.6 Å². The minimum absolute atomic E-state index is 0.267. The van der Waals surface area contributed by atoms with E-state index in [-0.39, 0.29) is 10.6 Å². The molecule has 5 nitrogen and oxygen atoms in total. The molecular formula is C12H15ClN2O3S. The summed E-state index contributed by atoms with van der Waals surface area (Å²) in [7, 11) is 0. The third-order valence-electron chi connectivity index (χ3n) is 2.48. The molecule has 0 heterocycles. The normalized spacial score (nSPS) is 11.9. The molecule has 0 aromatic heterocycles. The highest BCUT2D eigenvalue weighted by atomic mass is 35.5. The molecule has 104 valence electrons. The second-order valence-electron chi connectivity index (χ2n) is 3.88. The molecule has 0 bridgehead atoms. The van der Waals surface area contributed by atoms with E-state index < -0.39 is 17.9 Å². The molecule has 1 atom stereocenters. The van der Waals surface area contributed by atoms with Crippen LogP contribution < -0.4 is 11.1 Å². The molecular weight excluding hydrogens is 288 g/mol. The Labute approximate surface area is 120 Å². The summed E-state index contributed by atoms with van der Waals surface area (Å²) < 4.78 is 0. The van der Waals surface area contributed by atoms with Gasteiger partial charge in [0, 0.05) is 5.56 Å². The van der Waals surface area contributed by atoms with Crippen LogP contribution in [0.5, 0.6) is 0 Å². The van der Waals surface area contributed by atoms with Gasteiger partial charge in [-0.3, -0.25) is 4.79 Å². The van der Waals surface area contributed by atoms with Crippen molar-refractivity contribution in [3.05, 3.63) is 28.8 Å². The van der Waals surface area contributed by atoms with Crippen LogP contribution in [0.4, 0.5) is 5.69 Å². The van der Waals surface area contributed by atoms with Gasteiger partial charge in [0.2, 0.25) is 0 Å². The molecule has 19 heavy (non-hydrogen) atoms. The minimum atomic E-state index is -1.05. The highest BCUT2D eigenvalue weighted by molar-refractivity contribution is 7.98. The fourth-order valence-corrected chi connectivity index (χ4v) is 2.05. The molecule has 0 fully saturated rings. The Kier molecular flexibility index (Phi) is 5.98. The Morgan fingerprint density at radius 1 is 1.53 bits per heavy atom. The molecule has 1 amide bonds. The quantitative estimate of drug-likeness (QED) is 0.698. The first-order chi connectivity index (χ1) is 8.95. The number of thioether (sulfide) groups is 1. The topological polar surface area (TPSA) is 92.4 Å². The smallest absolute Gasteiger partial charge is 0.326 e. The zero-order valence-corrected chi connectivity index (χ0v) is 11.9. The Balaban J connectivity index is 2.75. The number of amides is 1. The molecule has 0 saturated carbocycles. The molecule has 4 N–H and O–H groups in total. The maximum atomic E-state index is 11.9. The average Bonchev–Trinajstić information content (AvgIpc) is 2.37. The number of hydrogen-bond donors (Lipinski definition) is 3. The standard InChI is InChI=1S/C12H15ClN2O3S/c1-19-5-4-10(12(17)18)15-11(16)7-2-3-9(14)8(13)6-7/h2-3,6,10H,4-5,14H2,1H3,(H,15,16)(H,17,18). The lowest BCUT2D eigenvalue weighted by atomic mass is 10.1. The van der Waals surface area contributed by atoms with Crippen molar-refractivity contribution in [3.63, 3.8) is 0 Å². The van der Waals surface area contributed by atoms with Crippen molar-refractivity contribution in [2.45, 2.75) is 12.5 Å². The van der Waals surface area contributed by atoms with E-state index in [1.165, 1.54) is 30.0 Å². The number of carbonyl (C=O) groups excluding carboxylic acids is 1. The third-order valence-corrected chi connectivity index (χ3v) is 3.45. The van der Waals surface area contributed by atoms with Crippen molar-refractivity contribution in [2.75, 3.05) is 17.7 Å².